The molecule has 1 fully saturated rings. The van der Waals surface area contributed by atoms with Crippen molar-refractivity contribution in [3.8, 4) is 11.1 Å². The van der Waals surface area contributed by atoms with E-state index in [1.165, 1.54) is 12.3 Å². The predicted molar refractivity (Wildman–Crippen MR) is 152 cm³/mol. The highest BCUT2D eigenvalue weighted by atomic mass is 32.2. The van der Waals surface area contributed by atoms with E-state index in [2.05, 4.69) is 20.1 Å². The molecule has 4 rings (SSSR count). The average Bonchev–Trinajstić information content (AvgIpc) is 3.22. The Morgan fingerprint density at radius 2 is 1.95 bits per heavy atom. The number of likely N-dealkylation sites (N-methyl/N-ethyl adjacent to an activating group) is 1. The molecule has 0 saturated carbocycles. The number of hydrogen-bond donors (Lipinski definition) is 2. The number of carbonyl (C=O) groups excluding carboxylic acids is 2. The number of nitrogens with one attached hydrogen (secondary N) is 2. The molecule has 0 bridgehead atoms. The van der Waals surface area contributed by atoms with Crippen molar-refractivity contribution in [2.75, 3.05) is 43.2 Å². The number of anilines is 2. The average molecular weight is 573 g/mol. The molecule has 2 aromatic carbocycles. The Balaban J connectivity index is 1.73. The van der Waals surface area contributed by atoms with Crippen molar-refractivity contribution in [1.29, 1.82) is 0 Å². The molecule has 1 saturated heterocycles. The number of alkyl halides is 2. The smallest absolute Gasteiger partial charge is 0.267 e. The van der Waals surface area contributed by atoms with E-state index in [0.29, 0.717) is 40.4 Å². The summed E-state index contributed by atoms with van der Waals surface area (Å²) < 4.78 is 47.0. The van der Waals surface area contributed by atoms with Gasteiger partial charge in [-0.15, -0.1) is 0 Å². The Hall–Kier alpha value is -3.64. The number of aryl methyl sites for hydroxylation is 1. The zero-order valence-corrected chi connectivity index (χ0v) is 23.9. The highest BCUT2D eigenvalue weighted by Crippen LogP contribution is 2.36. The molecule has 0 radical (unpaired) electrons. The fourth-order valence-electron chi connectivity index (χ4n) is 4.86. The number of nitrogens with zero attached hydrogens (tertiary/aromatic N) is 4. The summed E-state index contributed by atoms with van der Waals surface area (Å²) in [7, 11) is 0.348. The Labute approximate surface area is 233 Å². The molecule has 2 amide bonds. The third-order valence-corrected chi connectivity index (χ3v) is 8.56. The van der Waals surface area contributed by atoms with Gasteiger partial charge in [-0.05, 0) is 55.8 Å². The lowest BCUT2D eigenvalue weighted by Gasteiger charge is -2.27. The SMILES string of the molecule is CNCC(=O)N=S(C)(=O)c1cccc(NC(=O)c2c(N3CCCC(F)(F)CC3)ccc(-c3cnn(C)c3)c2C)c1. The number of rotatable bonds is 7. The lowest BCUT2D eigenvalue weighted by molar-refractivity contribution is -0.116. The fraction of sp³-hybridized carbons (Fsp3) is 0.393. The molecule has 1 atom stereocenters. The second-order valence-corrected chi connectivity index (χ2v) is 12.3. The van der Waals surface area contributed by atoms with Crippen molar-refractivity contribution >= 4 is 32.9 Å². The van der Waals surface area contributed by atoms with Crippen LogP contribution in [0.2, 0.25) is 0 Å². The van der Waals surface area contributed by atoms with Gasteiger partial charge in [0.25, 0.3) is 11.8 Å². The van der Waals surface area contributed by atoms with Gasteiger partial charge in [-0.2, -0.15) is 9.46 Å². The number of halogens is 2. The Morgan fingerprint density at radius 1 is 1.18 bits per heavy atom. The maximum absolute atomic E-state index is 14.2. The van der Waals surface area contributed by atoms with Crippen LogP contribution in [0.1, 0.15) is 35.2 Å². The maximum Gasteiger partial charge on any atom is 0.267 e. The summed E-state index contributed by atoms with van der Waals surface area (Å²) in [5.74, 6) is -3.72. The molecule has 0 spiro atoms. The van der Waals surface area contributed by atoms with E-state index in [1.807, 2.05) is 24.1 Å². The molecule has 12 heteroatoms. The summed E-state index contributed by atoms with van der Waals surface area (Å²) in [6, 6.07) is 10.1. The summed E-state index contributed by atoms with van der Waals surface area (Å²) in [5.41, 5.74) is 3.61. The van der Waals surface area contributed by atoms with E-state index in [1.54, 1.807) is 49.2 Å². The van der Waals surface area contributed by atoms with Crippen LogP contribution in [0.3, 0.4) is 0 Å². The van der Waals surface area contributed by atoms with Crippen molar-refractivity contribution in [1.82, 2.24) is 15.1 Å². The van der Waals surface area contributed by atoms with Crippen molar-refractivity contribution < 1.29 is 22.6 Å². The summed E-state index contributed by atoms with van der Waals surface area (Å²) in [6.45, 7) is 2.30. The molecule has 9 nitrogen and oxygen atoms in total. The van der Waals surface area contributed by atoms with E-state index in [9.17, 15) is 22.6 Å². The van der Waals surface area contributed by atoms with Crippen LogP contribution < -0.4 is 15.5 Å². The first-order valence-electron chi connectivity index (χ1n) is 13.0. The predicted octanol–water partition coefficient (Wildman–Crippen LogP) is 4.48. The second kappa shape index (κ2) is 11.8. The molecule has 1 unspecified atom stereocenters. The lowest BCUT2D eigenvalue weighted by Crippen LogP contribution is -2.29. The van der Waals surface area contributed by atoms with E-state index >= 15 is 0 Å². The van der Waals surface area contributed by atoms with Crippen LogP contribution in [0.5, 0.6) is 0 Å². The van der Waals surface area contributed by atoms with Crippen LogP contribution in [0.15, 0.2) is 58.1 Å². The van der Waals surface area contributed by atoms with E-state index in [0.717, 1.165) is 11.1 Å². The highest BCUT2D eigenvalue weighted by Gasteiger charge is 2.33. The van der Waals surface area contributed by atoms with Gasteiger partial charge in [0, 0.05) is 67.3 Å². The first-order chi connectivity index (χ1) is 18.9. The minimum absolute atomic E-state index is 0.0426. The quantitative estimate of drug-likeness (QED) is 0.432. The molecule has 214 valence electrons. The minimum Gasteiger partial charge on any atom is -0.371 e. The molecule has 40 heavy (non-hydrogen) atoms. The zero-order valence-electron chi connectivity index (χ0n) is 23.0. The molecule has 1 aromatic heterocycles. The Bertz CT molecular complexity index is 1540. The Kier molecular flexibility index (Phi) is 8.69. The van der Waals surface area contributed by atoms with Crippen molar-refractivity contribution in [2.45, 2.75) is 37.0 Å². The number of amides is 2. The lowest BCUT2D eigenvalue weighted by atomic mass is 9.95. The van der Waals surface area contributed by atoms with Gasteiger partial charge in [0.2, 0.25) is 5.92 Å². The van der Waals surface area contributed by atoms with Crippen LogP contribution in [-0.2, 0) is 21.6 Å². The maximum atomic E-state index is 14.2. The van der Waals surface area contributed by atoms with Crippen molar-refractivity contribution in [2.24, 2.45) is 11.4 Å². The second-order valence-electron chi connectivity index (χ2n) is 10.0. The molecule has 2 heterocycles. The first kappa shape index (κ1) is 29.3. The molecule has 1 aliphatic rings. The number of carbonyl (C=O) groups is 2. The number of benzene rings is 2. The van der Waals surface area contributed by atoms with Gasteiger partial charge in [0.1, 0.15) is 0 Å². The molecule has 3 aromatic rings. The van der Waals surface area contributed by atoms with Crippen LogP contribution in [0.4, 0.5) is 20.2 Å². The van der Waals surface area contributed by atoms with Crippen LogP contribution in [-0.4, -0.2) is 64.7 Å². The first-order valence-corrected chi connectivity index (χ1v) is 14.9. The summed E-state index contributed by atoms with van der Waals surface area (Å²) >= 11 is 0. The van der Waals surface area contributed by atoms with Gasteiger partial charge in [-0.1, -0.05) is 12.1 Å². The summed E-state index contributed by atoms with van der Waals surface area (Å²) in [5, 5.41) is 9.81. The monoisotopic (exact) mass is 572 g/mol. The van der Waals surface area contributed by atoms with Crippen LogP contribution >= 0.6 is 0 Å². The molecule has 2 N–H and O–H groups in total. The largest absolute Gasteiger partial charge is 0.371 e. The molecular weight excluding hydrogens is 538 g/mol. The van der Waals surface area contributed by atoms with Gasteiger partial charge >= 0.3 is 0 Å². The highest BCUT2D eigenvalue weighted by molar-refractivity contribution is 7.93. The van der Waals surface area contributed by atoms with Crippen molar-refractivity contribution in [3.63, 3.8) is 0 Å². The normalized spacial score (nSPS) is 16.6. The van der Waals surface area contributed by atoms with E-state index < -0.39 is 27.5 Å². The van der Waals surface area contributed by atoms with Crippen LogP contribution in [0, 0.1) is 6.92 Å². The topological polar surface area (TPSA) is 109 Å². The van der Waals surface area contributed by atoms with E-state index in [4.69, 9.17) is 0 Å². The number of aromatic nitrogens is 2. The van der Waals surface area contributed by atoms with Gasteiger partial charge in [0.15, 0.2) is 0 Å². The van der Waals surface area contributed by atoms with E-state index in [-0.39, 0.29) is 25.9 Å². The van der Waals surface area contributed by atoms with Gasteiger partial charge < -0.3 is 15.5 Å². The standard InChI is InChI=1S/C28H34F2N6O3S/c1-19-23(20-16-32-35(3)18-20)9-10-24(36-13-6-11-28(29,30)12-14-36)26(19)27(38)33-21-7-5-8-22(15-21)40(4,39)34-25(37)17-31-2/h5,7-10,15-16,18,31H,6,11-14,17H2,1-4H3,(H,33,38). The molecule has 0 aliphatic carbocycles. The third kappa shape index (κ3) is 6.73. The summed E-state index contributed by atoms with van der Waals surface area (Å²) in [4.78, 5) is 28.0. The van der Waals surface area contributed by atoms with Crippen molar-refractivity contribution in [3.05, 3.63) is 59.9 Å². The Morgan fingerprint density at radius 3 is 2.65 bits per heavy atom. The molecular formula is C28H34F2N6O3S. The van der Waals surface area contributed by atoms with Gasteiger partial charge in [0.05, 0.1) is 28.0 Å². The third-order valence-electron chi connectivity index (χ3n) is 6.88. The van der Waals surface area contributed by atoms with Gasteiger partial charge in [-0.3, -0.25) is 14.3 Å². The minimum atomic E-state index is -3.05. The fourth-order valence-corrected chi connectivity index (χ4v) is 6.09. The molecule has 1 aliphatic heterocycles. The number of hydrogen-bond acceptors (Lipinski definition) is 6. The van der Waals surface area contributed by atoms with Gasteiger partial charge in [-0.25, -0.2) is 13.0 Å². The summed E-state index contributed by atoms with van der Waals surface area (Å²) in [6.07, 6.45) is 4.74. The van der Waals surface area contributed by atoms with Crippen LogP contribution in [0.25, 0.3) is 11.1 Å². The zero-order chi connectivity index (χ0) is 29.1.